The van der Waals surface area contributed by atoms with E-state index >= 15 is 0 Å². The second-order valence-electron chi connectivity index (χ2n) is 1.56. The minimum absolute atomic E-state index is 1.51. The molecule has 0 aromatic carbocycles. The Kier molecular flexibility index (Phi) is 13.8. The first kappa shape index (κ1) is 17.3. The topological polar surface area (TPSA) is 36.9 Å². The van der Waals surface area contributed by atoms with E-state index < -0.39 is 27.8 Å². The molecule has 0 N–H and O–H groups in total. The van der Waals surface area contributed by atoms with Crippen LogP contribution in [0.5, 0.6) is 0 Å². The minimum atomic E-state index is -3.17. The van der Waals surface area contributed by atoms with Crippen LogP contribution >= 0.6 is 28.9 Å². The molecule has 0 aliphatic rings. The van der Waals surface area contributed by atoms with Crippen molar-refractivity contribution in [3.63, 3.8) is 0 Å². The Morgan fingerprint density at radius 3 is 0.923 bits per heavy atom. The molecule has 9 heteroatoms. The van der Waals surface area contributed by atoms with Gasteiger partial charge in [0.15, 0.2) is 0 Å². The molecule has 4 nitrogen and oxygen atoms in total. The van der Waals surface area contributed by atoms with Crippen LogP contribution in [0.1, 0.15) is 0 Å². The molecule has 0 aromatic heterocycles. The van der Waals surface area contributed by atoms with Gasteiger partial charge in [0.25, 0.3) is 0 Å². The van der Waals surface area contributed by atoms with Crippen molar-refractivity contribution in [2.24, 2.45) is 0 Å². The van der Waals surface area contributed by atoms with Gasteiger partial charge < -0.3 is 0 Å². The van der Waals surface area contributed by atoms with E-state index in [1.807, 2.05) is 0 Å². The summed E-state index contributed by atoms with van der Waals surface area (Å²) in [4.78, 5) is 0. The van der Waals surface area contributed by atoms with Crippen LogP contribution in [-0.4, -0.2) is 56.3 Å². The summed E-state index contributed by atoms with van der Waals surface area (Å²) >= 11 is -5.23. The van der Waals surface area contributed by atoms with Crippen LogP contribution in [-0.2, 0) is 15.1 Å². The predicted molar refractivity (Wildman–Crippen MR) is 57.1 cm³/mol. The summed E-state index contributed by atoms with van der Waals surface area (Å²) in [6.45, 7) is 0. The van der Waals surface area contributed by atoms with Crippen molar-refractivity contribution in [1.29, 1.82) is 0 Å². The van der Waals surface area contributed by atoms with Gasteiger partial charge in [-0.2, -0.15) is 0 Å². The van der Waals surface area contributed by atoms with E-state index in [9.17, 15) is 0 Å². The summed E-state index contributed by atoms with van der Waals surface area (Å²) in [6, 6.07) is 0. The van der Waals surface area contributed by atoms with Gasteiger partial charge in [0, 0.05) is 0 Å². The van der Waals surface area contributed by atoms with Crippen LogP contribution in [0.15, 0.2) is 0 Å². The molecule has 0 rings (SSSR count). The van der Waals surface area contributed by atoms with Crippen LogP contribution in [0.3, 0.4) is 0 Å². The third-order valence-electron chi connectivity index (χ3n) is 1.00. The van der Waals surface area contributed by atoms with E-state index in [1.165, 1.54) is 28.4 Å². The van der Waals surface area contributed by atoms with Gasteiger partial charge in [-0.3, -0.25) is 0 Å². The zero-order valence-corrected chi connectivity index (χ0v) is 14.6. The van der Waals surface area contributed by atoms with Crippen molar-refractivity contribution in [1.82, 2.24) is 0 Å². The molecule has 0 fully saturated rings. The first-order valence-corrected chi connectivity index (χ1v) is 16.1. The van der Waals surface area contributed by atoms with Crippen molar-refractivity contribution in [2.45, 2.75) is 0 Å². The molecule has 0 unspecified atom stereocenters. The van der Waals surface area contributed by atoms with Gasteiger partial charge in [0.1, 0.15) is 0 Å². The summed E-state index contributed by atoms with van der Waals surface area (Å²) < 4.78 is 19.6. The van der Waals surface area contributed by atoms with Crippen LogP contribution in [0, 0.1) is 0 Å². The maximum atomic E-state index is 4.99. The van der Waals surface area contributed by atoms with Crippen molar-refractivity contribution in [2.75, 3.05) is 28.4 Å². The summed E-state index contributed by atoms with van der Waals surface area (Å²) in [6.07, 6.45) is 0. The Morgan fingerprint density at radius 2 is 0.923 bits per heavy atom. The van der Waals surface area contributed by atoms with Crippen LogP contribution in [0.4, 0.5) is 0 Å². The summed E-state index contributed by atoms with van der Waals surface area (Å²) in [5.41, 5.74) is 0. The molecule has 0 spiro atoms. The van der Waals surface area contributed by atoms with E-state index in [0.717, 1.165) is 0 Å². The first-order chi connectivity index (χ1) is 5.97. The van der Waals surface area contributed by atoms with Crippen LogP contribution in [0.25, 0.3) is 0 Å². The molecular formula is C4H12Cl3GaGeO4. The van der Waals surface area contributed by atoms with E-state index in [4.69, 9.17) is 44.0 Å². The summed E-state index contributed by atoms with van der Waals surface area (Å²) in [5.74, 6) is 0. The quantitative estimate of drug-likeness (QED) is 0.704. The average molecular weight is 373 g/mol. The van der Waals surface area contributed by atoms with E-state index in [1.54, 1.807) is 0 Å². The molecule has 0 amide bonds. The average Bonchev–Trinajstić information content (AvgIpc) is 2.09. The molecule has 0 aliphatic heterocycles. The fourth-order valence-corrected chi connectivity index (χ4v) is 2.60. The number of hydrogen-bond acceptors (Lipinski definition) is 4. The van der Waals surface area contributed by atoms with Crippen LogP contribution < -0.4 is 0 Å². The maximum absolute atomic E-state index is 4.99. The Balaban J connectivity index is 0. The number of rotatable bonds is 4. The Bertz CT molecular complexity index is 95.3. The number of halogens is 3. The standard InChI is InChI=1S/C4H12GeO4.3ClH.Ga/c1-6-5(7-2,8-3)9-4;;;;/h1-4H3;3*1H;/q;;;;+3/p-3. The molecule has 80 valence electrons. The Hall–Kier alpha value is 1.89. The third kappa shape index (κ3) is 10.2. The van der Waals surface area contributed by atoms with Gasteiger partial charge in [-0.1, -0.05) is 0 Å². The number of hydrogen-bond donors (Lipinski definition) is 0. The molecule has 0 saturated heterocycles. The molecule has 0 heterocycles. The Morgan fingerprint density at radius 1 is 0.769 bits per heavy atom. The zero-order chi connectivity index (χ0) is 10.9. The van der Waals surface area contributed by atoms with Gasteiger partial charge in [-0.05, 0) is 0 Å². The molecular weight excluding hydrogens is 361 g/mol. The van der Waals surface area contributed by atoms with Gasteiger partial charge >= 0.3 is 100 Å². The van der Waals surface area contributed by atoms with E-state index in [-0.39, 0.29) is 0 Å². The predicted octanol–water partition coefficient (Wildman–Crippen LogP) is 1.70. The van der Waals surface area contributed by atoms with Crippen LogP contribution in [0.2, 0.25) is 0 Å². The molecule has 0 radical (unpaired) electrons. The third-order valence-corrected chi connectivity index (χ3v) is 5.20. The second-order valence-corrected chi connectivity index (χ2v) is 18.4. The van der Waals surface area contributed by atoms with E-state index in [0.29, 0.717) is 0 Å². The van der Waals surface area contributed by atoms with Gasteiger partial charge in [0.2, 0.25) is 0 Å². The SMILES string of the molecule is C[O][Ge]([O]C)([O]C)[O]C.[Cl][Ga]([Cl])[Cl]. The van der Waals surface area contributed by atoms with Crippen molar-refractivity contribution >= 4 is 56.7 Å². The first-order valence-electron chi connectivity index (χ1n) is 3.10. The molecule has 0 aliphatic carbocycles. The Labute approximate surface area is 99.5 Å². The molecule has 0 atom stereocenters. The fraction of sp³-hybridized carbons (Fsp3) is 1.00. The van der Waals surface area contributed by atoms with Gasteiger partial charge in [-0.15, -0.1) is 0 Å². The fourth-order valence-electron chi connectivity index (χ4n) is 0.500. The van der Waals surface area contributed by atoms with Crippen molar-refractivity contribution in [3.8, 4) is 0 Å². The normalized spacial score (nSPS) is 10.4. The van der Waals surface area contributed by atoms with Gasteiger partial charge in [-0.25, -0.2) is 0 Å². The second kappa shape index (κ2) is 10.4. The van der Waals surface area contributed by atoms with E-state index in [2.05, 4.69) is 0 Å². The molecule has 0 bridgehead atoms. The monoisotopic (exact) mass is 372 g/mol. The molecule has 0 aromatic rings. The van der Waals surface area contributed by atoms with Gasteiger partial charge in [0.05, 0.1) is 0 Å². The summed E-state index contributed by atoms with van der Waals surface area (Å²) in [7, 11) is 21.0. The van der Waals surface area contributed by atoms with Crippen molar-refractivity contribution < 1.29 is 15.1 Å². The zero-order valence-electron chi connectivity index (χ0n) is 7.84. The van der Waals surface area contributed by atoms with Crippen molar-refractivity contribution in [3.05, 3.63) is 0 Å². The molecule has 13 heavy (non-hydrogen) atoms. The molecule has 0 saturated carbocycles. The summed E-state index contributed by atoms with van der Waals surface area (Å²) in [5, 5.41) is 0.